The molecule has 0 aromatic heterocycles. The van der Waals surface area contributed by atoms with Crippen LogP contribution in [0.15, 0.2) is 5.16 Å². The first kappa shape index (κ1) is 11.1. The van der Waals surface area contributed by atoms with Crippen LogP contribution in [0.2, 0.25) is 0 Å². The molecule has 0 aliphatic rings. The first-order valence-corrected chi connectivity index (χ1v) is 4.10. The molecule has 12 heavy (non-hydrogen) atoms. The molecule has 0 spiro atoms. The molecule has 0 saturated carbocycles. The number of oxime groups is 1. The average molecular weight is 194 g/mol. The fourth-order valence-corrected chi connectivity index (χ4v) is 0.856. The van der Waals surface area contributed by atoms with E-state index in [2.05, 4.69) is 14.7 Å². The van der Waals surface area contributed by atoms with Gasteiger partial charge in [0.2, 0.25) is 0 Å². The average Bonchev–Trinajstić information content (AvgIpc) is 2.01. The molecule has 0 amide bonds. The molecular formula is C5H8NO5S-. The number of rotatable bonds is 4. The maximum atomic E-state index is 10.7. The van der Waals surface area contributed by atoms with Gasteiger partial charge in [0, 0.05) is 0 Å². The van der Waals surface area contributed by atoms with E-state index in [1.54, 1.807) is 0 Å². The zero-order chi connectivity index (χ0) is 9.56. The van der Waals surface area contributed by atoms with Crippen LogP contribution in [0.5, 0.6) is 0 Å². The molecule has 6 nitrogen and oxygen atoms in total. The van der Waals surface area contributed by atoms with Gasteiger partial charge in [-0.1, -0.05) is 5.16 Å². The summed E-state index contributed by atoms with van der Waals surface area (Å²) >= 11 is -2.38. The number of methoxy groups -OCH3 is 1. The van der Waals surface area contributed by atoms with Gasteiger partial charge in [-0.15, -0.1) is 0 Å². The van der Waals surface area contributed by atoms with Crippen molar-refractivity contribution in [1.29, 1.82) is 0 Å². The minimum atomic E-state index is -2.38. The van der Waals surface area contributed by atoms with Crippen molar-refractivity contribution in [2.45, 2.75) is 0 Å². The highest BCUT2D eigenvalue weighted by Crippen LogP contribution is 1.87. The fourth-order valence-electron chi connectivity index (χ4n) is 0.462. The molecule has 0 saturated heterocycles. The highest BCUT2D eigenvalue weighted by molar-refractivity contribution is 7.80. The summed E-state index contributed by atoms with van der Waals surface area (Å²) in [6.07, 6.45) is 0. The summed E-state index contributed by atoms with van der Waals surface area (Å²) in [6.45, 7) is 0. The summed E-state index contributed by atoms with van der Waals surface area (Å²) in [5, 5.41) is 3.18. The summed E-state index contributed by atoms with van der Waals surface area (Å²) in [5.41, 5.74) is -0.284. The molecule has 0 fully saturated rings. The van der Waals surface area contributed by atoms with Crippen LogP contribution in [0, 0.1) is 0 Å². The van der Waals surface area contributed by atoms with Crippen LogP contribution in [0.3, 0.4) is 0 Å². The molecule has 0 aliphatic heterocycles. The monoisotopic (exact) mass is 194 g/mol. The Kier molecular flexibility index (Phi) is 5.22. The number of ether oxygens (including phenoxy) is 1. The SMILES string of the molecule is CON=C(CS(=O)[O-])C(=O)OC. The van der Waals surface area contributed by atoms with Gasteiger partial charge in [0.1, 0.15) is 7.11 Å². The van der Waals surface area contributed by atoms with Gasteiger partial charge in [-0.2, -0.15) is 0 Å². The van der Waals surface area contributed by atoms with Crippen molar-refractivity contribution in [3.63, 3.8) is 0 Å². The lowest BCUT2D eigenvalue weighted by atomic mass is 10.4. The van der Waals surface area contributed by atoms with Crippen LogP contribution in [0.25, 0.3) is 0 Å². The van der Waals surface area contributed by atoms with Crippen molar-refractivity contribution in [1.82, 2.24) is 0 Å². The van der Waals surface area contributed by atoms with E-state index in [0.717, 1.165) is 7.11 Å². The number of carbonyl (C=O) groups excluding carboxylic acids is 1. The number of hydrogen-bond acceptors (Lipinski definition) is 6. The third kappa shape index (κ3) is 4.04. The second-order valence-electron chi connectivity index (χ2n) is 1.66. The normalized spacial score (nSPS) is 13.8. The Balaban J connectivity index is 4.34. The first-order chi connectivity index (χ1) is 5.61. The van der Waals surface area contributed by atoms with E-state index >= 15 is 0 Å². The third-order valence-corrected chi connectivity index (χ3v) is 1.39. The predicted molar refractivity (Wildman–Crippen MR) is 40.2 cm³/mol. The molecule has 0 rings (SSSR count). The van der Waals surface area contributed by atoms with Crippen molar-refractivity contribution >= 4 is 22.8 Å². The van der Waals surface area contributed by atoms with Crippen molar-refractivity contribution < 1.29 is 23.1 Å². The van der Waals surface area contributed by atoms with Gasteiger partial charge in [0.25, 0.3) is 0 Å². The van der Waals surface area contributed by atoms with Crippen LogP contribution < -0.4 is 0 Å². The van der Waals surface area contributed by atoms with Gasteiger partial charge >= 0.3 is 5.97 Å². The summed E-state index contributed by atoms with van der Waals surface area (Å²) < 4.78 is 24.6. The molecule has 1 atom stereocenters. The summed E-state index contributed by atoms with van der Waals surface area (Å²) in [7, 11) is 2.33. The largest absolute Gasteiger partial charge is 0.772 e. The molecule has 0 heterocycles. The van der Waals surface area contributed by atoms with E-state index < -0.39 is 22.8 Å². The quantitative estimate of drug-likeness (QED) is 0.249. The number of hydrogen-bond donors (Lipinski definition) is 0. The summed E-state index contributed by atoms with van der Waals surface area (Å²) in [6, 6.07) is 0. The zero-order valence-electron chi connectivity index (χ0n) is 6.60. The minimum Gasteiger partial charge on any atom is -0.772 e. The second kappa shape index (κ2) is 5.67. The highest BCUT2D eigenvalue weighted by atomic mass is 32.2. The molecule has 0 aromatic carbocycles. The zero-order valence-corrected chi connectivity index (χ0v) is 7.42. The van der Waals surface area contributed by atoms with E-state index in [-0.39, 0.29) is 5.71 Å². The molecule has 70 valence electrons. The summed E-state index contributed by atoms with van der Waals surface area (Å²) in [4.78, 5) is 15.0. The van der Waals surface area contributed by atoms with Gasteiger partial charge in [-0.05, 0) is 11.1 Å². The van der Waals surface area contributed by atoms with Crippen molar-refractivity contribution in [2.75, 3.05) is 20.0 Å². The number of carbonyl (C=O) groups is 1. The van der Waals surface area contributed by atoms with Gasteiger partial charge in [-0.3, -0.25) is 4.21 Å². The lowest BCUT2D eigenvalue weighted by Crippen LogP contribution is -2.22. The van der Waals surface area contributed by atoms with E-state index in [1.807, 2.05) is 0 Å². The first-order valence-electron chi connectivity index (χ1n) is 2.86. The van der Waals surface area contributed by atoms with Gasteiger partial charge in [0.15, 0.2) is 5.71 Å². The van der Waals surface area contributed by atoms with E-state index in [1.165, 1.54) is 7.11 Å². The van der Waals surface area contributed by atoms with Crippen LogP contribution in [-0.2, 0) is 25.4 Å². The fraction of sp³-hybridized carbons (Fsp3) is 0.600. The number of nitrogens with zero attached hydrogens (tertiary/aromatic N) is 1. The molecule has 7 heteroatoms. The summed E-state index contributed by atoms with van der Waals surface area (Å²) in [5.74, 6) is -1.33. The smallest absolute Gasteiger partial charge is 0.356 e. The van der Waals surface area contributed by atoms with Crippen molar-refractivity contribution in [3.05, 3.63) is 0 Å². The van der Waals surface area contributed by atoms with Crippen LogP contribution in [0.4, 0.5) is 0 Å². The Morgan fingerprint density at radius 2 is 2.17 bits per heavy atom. The van der Waals surface area contributed by atoms with Crippen LogP contribution >= 0.6 is 0 Å². The Labute approximate surface area is 71.8 Å². The standard InChI is InChI=1S/C5H9NO5S/c1-10-5(7)4(6-11-2)3-12(8)9/h3H2,1-2H3,(H,8,9)/p-1. The van der Waals surface area contributed by atoms with Gasteiger partial charge < -0.3 is 14.1 Å². The van der Waals surface area contributed by atoms with E-state index in [9.17, 15) is 13.6 Å². The predicted octanol–water partition coefficient (Wildman–Crippen LogP) is -0.959. The maximum Gasteiger partial charge on any atom is 0.356 e. The van der Waals surface area contributed by atoms with E-state index in [0.29, 0.717) is 0 Å². The van der Waals surface area contributed by atoms with Gasteiger partial charge in [0.05, 0.1) is 12.9 Å². The molecule has 0 N–H and O–H groups in total. The lowest BCUT2D eigenvalue weighted by molar-refractivity contribution is -0.132. The highest BCUT2D eigenvalue weighted by Gasteiger charge is 2.12. The Bertz CT molecular complexity index is 214. The molecule has 0 aliphatic carbocycles. The molecule has 0 bridgehead atoms. The topological polar surface area (TPSA) is 88.0 Å². The maximum absolute atomic E-state index is 10.7. The van der Waals surface area contributed by atoms with Crippen molar-refractivity contribution in [3.8, 4) is 0 Å². The molecule has 0 radical (unpaired) electrons. The Hall–Kier alpha value is -0.950. The third-order valence-electron chi connectivity index (χ3n) is 0.877. The van der Waals surface area contributed by atoms with Crippen molar-refractivity contribution in [2.24, 2.45) is 5.16 Å². The second-order valence-corrected chi connectivity index (χ2v) is 2.56. The Morgan fingerprint density at radius 3 is 2.50 bits per heavy atom. The number of esters is 1. The molecule has 1 unspecified atom stereocenters. The minimum absolute atomic E-state index is 0.284. The van der Waals surface area contributed by atoms with E-state index in [4.69, 9.17) is 0 Å². The van der Waals surface area contributed by atoms with Crippen LogP contribution in [-0.4, -0.2) is 40.4 Å². The van der Waals surface area contributed by atoms with Gasteiger partial charge in [-0.25, -0.2) is 4.79 Å². The molecular weight excluding hydrogens is 186 g/mol. The Morgan fingerprint density at radius 1 is 1.58 bits per heavy atom. The molecule has 0 aromatic rings. The van der Waals surface area contributed by atoms with Crippen LogP contribution in [0.1, 0.15) is 0 Å². The lowest BCUT2D eigenvalue weighted by Gasteiger charge is -2.05.